The van der Waals surface area contributed by atoms with Gasteiger partial charge in [-0.25, -0.2) is 23.1 Å². The van der Waals surface area contributed by atoms with E-state index < -0.39 is 46.0 Å². The molecule has 2 aromatic heterocycles. The van der Waals surface area contributed by atoms with E-state index in [4.69, 9.17) is 4.84 Å². The van der Waals surface area contributed by atoms with Crippen LogP contribution in [-0.4, -0.2) is 47.4 Å². The number of carbonyl (C=O) groups excluding carboxylic acids is 2. The summed E-state index contributed by atoms with van der Waals surface area (Å²) < 4.78 is 71.3. The molecule has 1 aliphatic rings. The Morgan fingerprint density at radius 1 is 0.708 bits per heavy atom. The molecule has 0 N–H and O–H groups in total. The van der Waals surface area contributed by atoms with Crippen molar-refractivity contribution in [3.8, 4) is 5.75 Å². The zero-order valence-corrected chi connectivity index (χ0v) is 30.5. The Kier molecular flexibility index (Phi) is 15.3. The molecule has 1 aromatic carbocycles. The first-order valence-corrected chi connectivity index (χ1v) is 15.9. The number of aromatic nitrogens is 3. The molecule has 14 heteroatoms. The van der Waals surface area contributed by atoms with Crippen LogP contribution in [0.25, 0.3) is 0 Å². The van der Waals surface area contributed by atoms with Gasteiger partial charge in [0.2, 0.25) is 29.1 Å². The lowest BCUT2D eigenvalue weighted by molar-refractivity contribution is -0.218. The van der Waals surface area contributed by atoms with E-state index in [1.165, 1.54) is 20.8 Å². The monoisotopic (exact) mass is 702 g/mol. The van der Waals surface area contributed by atoms with Gasteiger partial charge in [-0.15, -0.1) is 11.8 Å². The van der Waals surface area contributed by atoms with Crippen LogP contribution in [0.2, 0.25) is 0 Å². The molecule has 0 aliphatic carbocycles. The van der Waals surface area contributed by atoms with Crippen LogP contribution in [-0.2, 0) is 20.0 Å². The van der Waals surface area contributed by atoms with Crippen LogP contribution in [0.1, 0.15) is 95.9 Å². The Labute approximate surface area is 284 Å². The highest BCUT2D eigenvalue weighted by molar-refractivity contribution is 8.00. The molecule has 1 fully saturated rings. The Morgan fingerprint density at radius 2 is 1.21 bits per heavy atom. The minimum absolute atomic E-state index is 0.177. The molecule has 1 aliphatic heterocycles. The van der Waals surface area contributed by atoms with Crippen LogP contribution in [0.5, 0.6) is 5.75 Å². The maximum Gasteiger partial charge on any atom is 0.254 e. The summed E-state index contributed by atoms with van der Waals surface area (Å²) in [5.41, 5.74) is -1.38. The number of halogens is 5. The van der Waals surface area contributed by atoms with E-state index in [0.29, 0.717) is 0 Å². The third kappa shape index (κ3) is 15.1. The van der Waals surface area contributed by atoms with Crippen LogP contribution >= 0.6 is 11.8 Å². The van der Waals surface area contributed by atoms with E-state index in [1.807, 2.05) is 36.9 Å². The normalized spacial score (nSPS) is 13.6. The summed E-state index contributed by atoms with van der Waals surface area (Å²) in [6.45, 7) is 22.7. The molecule has 2 amide bonds. The summed E-state index contributed by atoms with van der Waals surface area (Å²) >= 11 is 1.79. The van der Waals surface area contributed by atoms with Crippen LogP contribution in [0.3, 0.4) is 0 Å². The average molecular weight is 703 g/mol. The van der Waals surface area contributed by atoms with Gasteiger partial charge in [-0.3, -0.25) is 14.4 Å². The van der Waals surface area contributed by atoms with Crippen LogP contribution < -0.4 is 4.74 Å². The van der Waals surface area contributed by atoms with Crippen molar-refractivity contribution in [2.24, 2.45) is 0 Å². The third-order valence-electron chi connectivity index (χ3n) is 5.28. The number of pyridine rings is 1. The lowest BCUT2D eigenvalue weighted by Gasteiger charge is -2.24. The molecular weight excluding hydrogens is 655 g/mol. The Morgan fingerprint density at radius 3 is 1.54 bits per heavy atom. The minimum atomic E-state index is -2.20. The van der Waals surface area contributed by atoms with Crippen molar-refractivity contribution in [1.29, 1.82) is 0 Å². The average Bonchev–Trinajstić information content (AvgIpc) is 3.60. The number of amides is 2. The SMILES string of the molecule is CC(C)(C)ON1C(=O)CCC1=O.CC(C)(C)Oc1c(F)c(F)c(F)c(F)c1F.CC(C)(C)Sc1ccccn1.CC(C)(C)n1ccnc1. The van der Waals surface area contributed by atoms with Gasteiger partial charge in [-0.2, -0.15) is 13.8 Å². The molecular formula is C34H47F5N4O4S. The van der Waals surface area contributed by atoms with Crippen molar-refractivity contribution in [3.63, 3.8) is 0 Å². The summed E-state index contributed by atoms with van der Waals surface area (Å²) in [4.78, 5) is 35.4. The molecule has 0 saturated carbocycles. The first-order valence-electron chi connectivity index (χ1n) is 15.1. The van der Waals surface area contributed by atoms with E-state index in [1.54, 1.807) is 38.7 Å². The number of hydrogen-bond donors (Lipinski definition) is 0. The second-order valence-corrected chi connectivity index (χ2v) is 16.3. The second-order valence-electron chi connectivity index (χ2n) is 14.4. The van der Waals surface area contributed by atoms with E-state index in [2.05, 4.69) is 60.8 Å². The predicted molar refractivity (Wildman–Crippen MR) is 176 cm³/mol. The fourth-order valence-corrected chi connectivity index (χ4v) is 4.18. The maximum absolute atomic E-state index is 13.1. The number of carbonyl (C=O) groups is 2. The van der Waals surface area contributed by atoms with Crippen molar-refractivity contribution in [2.75, 3.05) is 0 Å². The Bertz CT molecular complexity index is 1430. The summed E-state index contributed by atoms with van der Waals surface area (Å²) in [5, 5.41) is 1.97. The number of imide groups is 1. The molecule has 3 aromatic rings. The lowest BCUT2D eigenvalue weighted by atomic mass is 10.1. The maximum atomic E-state index is 13.1. The van der Waals surface area contributed by atoms with Gasteiger partial charge in [-0.05, 0) is 74.4 Å². The van der Waals surface area contributed by atoms with E-state index in [-0.39, 0.29) is 34.9 Å². The van der Waals surface area contributed by atoms with Gasteiger partial charge in [0.05, 0.1) is 17.0 Å². The van der Waals surface area contributed by atoms with Crippen LogP contribution in [0, 0.1) is 29.1 Å². The second kappa shape index (κ2) is 17.2. The molecule has 0 atom stereocenters. The van der Waals surface area contributed by atoms with E-state index in [0.717, 1.165) is 10.1 Å². The van der Waals surface area contributed by atoms with Crippen molar-refractivity contribution in [2.45, 2.75) is 122 Å². The zero-order chi connectivity index (χ0) is 37.3. The summed E-state index contributed by atoms with van der Waals surface area (Å²) in [6, 6.07) is 5.99. The molecule has 0 bridgehead atoms. The van der Waals surface area contributed by atoms with Gasteiger partial charge >= 0.3 is 0 Å². The van der Waals surface area contributed by atoms with E-state index >= 15 is 0 Å². The van der Waals surface area contributed by atoms with Gasteiger partial charge in [0.15, 0.2) is 5.75 Å². The molecule has 4 rings (SSSR count). The first-order chi connectivity index (χ1) is 21.7. The third-order valence-corrected chi connectivity index (χ3v) is 6.34. The Hall–Kier alpha value is -3.52. The summed E-state index contributed by atoms with van der Waals surface area (Å²) in [6.07, 6.45) is 7.98. The van der Waals surface area contributed by atoms with Gasteiger partial charge in [0.25, 0.3) is 11.8 Å². The van der Waals surface area contributed by atoms with Crippen molar-refractivity contribution < 1.29 is 41.1 Å². The molecule has 48 heavy (non-hydrogen) atoms. The van der Waals surface area contributed by atoms with Crippen LogP contribution in [0.4, 0.5) is 22.0 Å². The lowest BCUT2D eigenvalue weighted by Crippen LogP contribution is -2.37. The van der Waals surface area contributed by atoms with Crippen molar-refractivity contribution >= 4 is 23.6 Å². The molecule has 268 valence electrons. The fraction of sp³-hybridized carbons (Fsp3) is 0.529. The molecule has 3 heterocycles. The highest BCUT2D eigenvalue weighted by Crippen LogP contribution is 2.32. The smallest absolute Gasteiger partial charge is 0.254 e. The number of hydroxylamine groups is 2. The number of thioether (sulfide) groups is 1. The van der Waals surface area contributed by atoms with Crippen molar-refractivity contribution in [3.05, 3.63) is 72.2 Å². The first kappa shape index (κ1) is 42.5. The number of rotatable bonds is 3. The molecule has 0 spiro atoms. The molecule has 0 unspecified atom stereocenters. The van der Waals surface area contributed by atoms with Crippen molar-refractivity contribution in [1.82, 2.24) is 19.6 Å². The fourth-order valence-electron chi connectivity index (χ4n) is 3.29. The summed E-state index contributed by atoms with van der Waals surface area (Å²) in [7, 11) is 0. The van der Waals surface area contributed by atoms with Crippen LogP contribution in [0.15, 0.2) is 48.1 Å². The highest BCUT2D eigenvalue weighted by Gasteiger charge is 2.33. The van der Waals surface area contributed by atoms with Gasteiger partial charge in [0.1, 0.15) is 5.60 Å². The quantitative estimate of drug-likeness (QED) is 0.0885. The zero-order valence-electron chi connectivity index (χ0n) is 29.7. The number of hydrogen-bond acceptors (Lipinski definition) is 7. The number of imidazole rings is 1. The number of ether oxygens (including phenoxy) is 1. The molecule has 8 nitrogen and oxygen atoms in total. The highest BCUT2D eigenvalue weighted by atomic mass is 32.2. The molecule has 1 saturated heterocycles. The topological polar surface area (TPSA) is 86.5 Å². The standard InChI is InChI=1S/C10H9F5O.C9H13NS.C8H13NO3.C7H12N2/c1-10(2,3)16-9-7(14)5(12)4(11)6(13)8(9)15;1-9(2,3)11-8-6-4-5-7-10-8;1-8(2,3)12-9-6(10)4-5-7(9)11;1-7(2,3)9-5-4-8-6-9/h1-3H3;4-7H,1-3H3;4-5H2,1-3H3;4-6H,1-3H3. The largest absolute Gasteiger partial charge is 0.482 e. The number of nitrogens with zero attached hydrogens (tertiary/aromatic N) is 4. The Balaban J connectivity index is 0.000000327. The van der Waals surface area contributed by atoms with Gasteiger partial charge in [-0.1, -0.05) is 26.8 Å². The summed E-state index contributed by atoms with van der Waals surface area (Å²) in [5.74, 6) is -11.9. The van der Waals surface area contributed by atoms with Gasteiger partial charge in [0, 0.05) is 41.7 Å². The van der Waals surface area contributed by atoms with E-state index in [9.17, 15) is 31.5 Å². The minimum Gasteiger partial charge on any atom is -0.482 e. The number of benzene rings is 1. The van der Waals surface area contributed by atoms with Gasteiger partial charge < -0.3 is 9.30 Å². The predicted octanol–water partition coefficient (Wildman–Crippen LogP) is 9.04. The molecule has 0 radical (unpaired) electrons.